The van der Waals surface area contributed by atoms with Gasteiger partial charge in [0.05, 0.1) is 5.69 Å². The zero-order valence-corrected chi connectivity index (χ0v) is 11.5. The van der Waals surface area contributed by atoms with Crippen LogP contribution >= 0.6 is 15.9 Å². The van der Waals surface area contributed by atoms with E-state index in [1.807, 2.05) is 6.92 Å². The summed E-state index contributed by atoms with van der Waals surface area (Å²) in [6, 6.07) is 1.92. The van der Waals surface area contributed by atoms with Gasteiger partial charge in [0.1, 0.15) is 0 Å². The van der Waals surface area contributed by atoms with Crippen LogP contribution in [-0.4, -0.2) is 22.4 Å². The summed E-state index contributed by atoms with van der Waals surface area (Å²) in [7, 11) is 0. The Bertz CT molecular complexity index is 392. The van der Waals surface area contributed by atoms with Crippen LogP contribution in [0.5, 0.6) is 0 Å². The highest BCUT2D eigenvalue weighted by molar-refractivity contribution is 9.09. The summed E-state index contributed by atoms with van der Waals surface area (Å²) >= 11 is 3.51. The molecule has 1 aliphatic carbocycles. The van der Waals surface area contributed by atoms with Crippen LogP contribution < -0.4 is 5.32 Å². The Kier molecular flexibility index (Phi) is 4.20. The van der Waals surface area contributed by atoms with E-state index in [-0.39, 0.29) is 11.9 Å². The Labute approximate surface area is 109 Å². The molecule has 1 aromatic heterocycles. The predicted molar refractivity (Wildman–Crippen MR) is 68.2 cm³/mol. The number of aromatic nitrogens is 1. The second kappa shape index (κ2) is 5.67. The quantitative estimate of drug-likeness (QED) is 0.873. The molecule has 0 spiro atoms. The number of hydrogen-bond acceptors (Lipinski definition) is 3. The Morgan fingerprint density at radius 1 is 1.59 bits per heavy atom. The normalized spacial score (nSPS) is 24.6. The van der Waals surface area contributed by atoms with Crippen LogP contribution in [0.25, 0.3) is 0 Å². The van der Waals surface area contributed by atoms with Gasteiger partial charge in [0, 0.05) is 17.4 Å². The van der Waals surface area contributed by atoms with Crippen molar-refractivity contribution >= 4 is 21.8 Å². The van der Waals surface area contributed by atoms with Crippen LogP contribution in [0, 0.1) is 12.8 Å². The van der Waals surface area contributed by atoms with E-state index in [1.165, 1.54) is 19.3 Å². The molecular weight excluding hydrogens is 284 g/mol. The van der Waals surface area contributed by atoms with E-state index in [0.29, 0.717) is 11.7 Å². The molecule has 1 aliphatic rings. The Balaban J connectivity index is 1.97. The fraction of sp³-hybridized carbons (Fsp3) is 0.667. The molecule has 1 fully saturated rings. The maximum atomic E-state index is 11.9. The van der Waals surface area contributed by atoms with Crippen LogP contribution in [-0.2, 0) is 0 Å². The summed E-state index contributed by atoms with van der Waals surface area (Å²) in [5, 5.41) is 7.71. The van der Waals surface area contributed by atoms with Crippen molar-refractivity contribution in [3.8, 4) is 0 Å². The summed E-state index contributed by atoms with van der Waals surface area (Å²) in [4.78, 5) is 11.9. The van der Waals surface area contributed by atoms with Gasteiger partial charge in [-0.2, -0.15) is 0 Å². The molecule has 1 heterocycles. The van der Waals surface area contributed by atoms with Crippen LogP contribution in [0.1, 0.15) is 41.9 Å². The molecule has 0 aromatic carbocycles. The molecule has 4 nitrogen and oxygen atoms in total. The first-order chi connectivity index (χ1) is 8.20. The number of nitrogens with one attached hydrogen (secondary N) is 1. The van der Waals surface area contributed by atoms with Crippen LogP contribution in [0.3, 0.4) is 0 Å². The fourth-order valence-corrected chi connectivity index (χ4v) is 3.07. The average Bonchev–Trinajstić information content (AvgIpc) is 2.77. The molecule has 1 aromatic rings. The number of amides is 1. The lowest BCUT2D eigenvalue weighted by Crippen LogP contribution is -2.42. The molecule has 1 N–H and O–H groups in total. The van der Waals surface area contributed by atoms with Gasteiger partial charge in [-0.05, 0) is 25.7 Å². The zero-order chi connectivity index (χ0) is 12.3. The van der Waals surface area contributed by atoms with Gasteiger partial charge in [-0.3, -0.25) is 4.79 Å². The molecular formula is C12H17BrN2O2. The number of hydrogen-bond donors (Lipinski definition) is 1. The first kappa shape index (κ1) is 12.6. The highest BCUT2D eigenvalue weighted by Gasteiger charge is 2.26. The summed E-state index contributed by atoms with van der Waals surface area (Å²) in [5.74, 6) is 0.682. The van der Waals surface area contributed by atoms with Gasteiger partial charge in [0.2, 0.25) is 5.76 Å². The molecule has 0 saturated heterocycles. The molecule has 0 aliphatic heterocycles. The van der Waals surface area contributed by atoms with Crippen molar-refractivity contribution < 1.29 is 9.32 Å². The summed E-state index contributed by atoms with van der Waals surface area (Å²) < 4.78 is 4.96. The smallest absolute Gasteiger partial charge is 0.290 e. The lowest BCUT2D eigenvalue weighted by atomic mass is 9.86. The standard InChI is InChI=1S/C12H17BrN2O2/c1-8-6-11(17-15-8)12(16)14-10-5-3-2-4-9(10)7-13/h6,9-10H,2-5,7H2,1H3,(H,14,16). The third-order valence-corrected chi connectivity index (χ3v) is 4.11. The van der Waals surface area contributed by atoms with E-state index in [2.05, 4.69) is 26.4 Å². The van der Waals surface area contributed by atoms with Gasteiger partial charge in [-0.15, -0.1) is 0 Å². The number of carbonyl (C=O) groups is 1. The zero-order valence-electron chi connectivity index (χ0n) is 9.91. The summed E-state index contributed by atoms with van der Waals surface area (Å²) in [6.45, 7) is 1.81. The highest BCUT2D eigenvalue weighted by Crippen LogP contribution is 2.26. The predicted octanol–water partition coefficient (Wildman–Crippen LogP) is 2.67. The number of nitrogens with zero attached hydrogens (tertiary/aromatic N) is 1. The van der Waals surface area contributed by atoms with Gasteiger partial charge in [0.25, 0.3) is 5.91 Å². The maximum absolute atomic E-state index is 11.9. The molecule has 0 radical (unpaired) electrons. The van der Waals surface area contributed by atoms with Gasteiger partial charge in [0.15, 0.2) is 0 Å². The molecule has 5 heteroatoms. The second-order valence-corrected chi connectivity index (χ2v) is 5.26. The van der Waals surface area contributed by atoms with Crippen LogP contribution in [0.15, 0.2) is 10.6 Å². The van der Waals surface area contributed by atoms with E-state index in [1.54, 1.807) is 6.07 Å². The number of halogens is 1. The molecule has 2 unspecified atom stereocenters. The van der Waals surface area contributed by atoms with E-state index < -0.39 is 0 Å². The van der Waals surface area contributed by atoms with E-state index in [4.69, 9.17) is 4.52 Å². The highest BCUT2D eigenvalue weighted by atomic mass is 79.9. The minimum Gasteiger partial charge on any atom is -0.351 e. The summed E-state index contributed by atoms with van der Waals surface area (Å²) in [6.07, 6.45) is 4.66. The molecule has 94 valence electrons. The molecule has 2 atom stereocenters. The van der Waals surface area contributed by atoms with Gasteiger partial charge in [-0.25, -0.2) is 0 Å². The molecule has 1 amide bonds. The van der Waals surface area contributed by atoms with Crippen molar-refractivity contribution in [3.05, 3.63) is 17.5 Å². The number of alkyl halides is 1. The third-order valence-electron chi connectivity index (χ3n) is 3.28. The molecule has 1 saturated carbocycles. The van der Waals surface area contributed by atoms with Crippen molar-refractivity contribution in [2.45, 2.75) is 38.6 Å². The first-order valence-corrected chi connectivity index (χ1v) is 7.13. The van der Waals surface area contributed by atoms with Crippen molar-refractivity contribution in [1.82, 2.24) is 10.5 Å². The molecule has 2 rings (SSSR count). The van der Waals surface area contributed by atoms with Gasteiger partial charge in [-0.1, -0.05) is 33.9 Å². The van der Waals surface area contributed by atoms with Crippen molar-refractivity contribution in [2.75, 3.05) is 5.33 Å². The van der Waals surface area contributed by atoms with E-state index in [0.717, 1.165) is 17.4 Å². The maximum Gasteiger partial charge on any atom is 0.290 e. The Morgan fingerprint density at radius 3 is 3.00 bits per heavy atom. The lowest BCUT2D eigenvalue weighted by Gasteiger charge is -2.30. The number of aryl methyl sites for hydroxylation is 1. The molecule has 0 bridgehead atoms. The van der Waals surface area contributed by atoms with Crippen molar-refractivity contribution in [1.29, 1.82) is 0 Å². The monoisotopic (exact) mass is 300 g/mol. The Morgan fingerprint density at radius 2 is 2.35 bits per heavy atom. The number of rotatable bonds is 3. The topological polar surface area (TPSA) is 55.1 Å². The van der Waals surface area contributed by atoms with Crippen LogP contribution in [0.2, 0.25) is 0 Å². The first-order valence-electron chi connectivity index (χ1n) is 6.01. The third kappa shape index (κ3) is 3.09. The molecule has 17 heavy (non-hydrogen) atoms. The van der Waals surface area contributed by atoms with Crippen molar-refractivity contribution in [3.63, 3.8) is 0 Å². The Hall–Kier alpha value is -0.840. The van der Waals surface area contributed by atoms with Gasteiger partial charge < -0.3 is 9.84 Å². The largest absolute Gasteiger partial charge is 0.351 e. The minimum absolute atomic E-state index is 0.150. The average molecular weight is 301 g/mol. The van der Waals surface area contributed by atoms with Gasteiger partial charge >= 0.3 is 0 Å². The lowest BCUT2D eigenvalue weighted by molar-refractivity contribution is 0.0874. The fourth-order valence-electron chi connectivity index (χ4n) is 2.29. The van der Waals surface area contributed by atoms with E-state index >= 15 is 0 Å². The van der Waals surface area contributed by atoms with Crippen molar-refractivity contribution in [2.24, 2.45) is 5.92 Å². The van der Waals surface area contributed by atoms with Crippen LogP contribution in [0.4, 0.5) is 0 Å². The van der Waals surface area contributed by atoms with E-state index in [9.17, 15) is 4.79 Å². The minimum atomic E-state index is -0.150. The second-order valence-electron chi connectivity index (χ2n) is 4.61. The SMILES string of the molecule is Cc1cc(C(=O)NC2CCCCC2CBr)on1. The summed E-state index contributed by atoms with van der Waals surface area (Å²) in [5.41, 5.74) is 0.732. The number of carbonyl (C=O) groups excluding carboxylic acids is 1.